The monoisotopic (exact) mass is 681 g/mol. The van der Waals surface area contributed by atoms with E-state index in [0.717, 1.165) is 15.4 Å². The van der Waals surface area contributed by atoms with Crippen LogP contribution >= 0.6 is 23.2 Å². The van der Waals surface area contributed by atoms with E-state index in [1.165, 1.54) is 29.2 Å². The van der Waals surface area contributed by atoms with Crippen LogP contribution in [0.4, 0.5) is 5.69 Å². The molecule has 0 heterocycles. The van der Waals surface area contributed by atoms with Crippen molar-refractivity contribution < 1.29 is 22.7 Å². The molecule has 0 saturated heterocycles. The van der Waals surface area contributed by atoms with Crippen LogP contribution in [0.1, 0.15) is 31.4 Å². The van der Waals surface area contributed by atoms with Crippen molar-refractivity contribution in [2.24, 2.45) is 0 Å². The van der Waals surface area contributed by atoms with Crippen molar-refractivity contribution in [1.29, 1.82) is 0 Å². The maximum Gasteiger partial charge on any atom is 0.264 e. The number of benzene rings is 4. The third-order valence-electron chi connectivity index (χ3n) is 7.20. The molecule has 0 bridgehead atoms. The van der Waals surface area contributed by atoms with E-state index in [-0.39, 0.29) is 29.5 Å². The zero-order chi connectivity index (χ0) is 33.1. The van der Waals surface area contributed by atoms with Crippen molar-refractivity contribution in [3.05, 3.63) is 124 Å². The molecule has 8 nitrogen and oxygen atoms in total. The molecule has 0 aliphatic heterocycles. The Balaban J connectivity index is 1.79. The van der Waals surface area contributed by atoms with Crippen LogP contribution < -0.4 is 14.4 Å². The molecule has 0 aromatic heterocycles. The van der Waals surface area contributed by atoms with Gasteiger partial charge in [-0.1, -0.05) is 72.6 Å². The van der Waals surface area contributed by atoms with E-state index in [1.807, 2.05) is 44.2 Å². The highest BCUT2D eigenvalue weighted by molar-refractivity contribution is 7.92. The second-order valence-corrected chi connectivity index (χ2v) is 13.3. The summed E-state index contributed by atoms with van der Waals surface area (Å²) in [6.45, 7) is 4.13. The Labute approximate surface area is 280 Å². The molecule has 0 radical (unpaired) electrons. The highest BCUT2D eigenvalue weighted by Gasteiger charge is 2.34. The molecule has 0 aliphatic rings. The Bertz CT molecular complexity index is 1690. The average molecular weight is 683 g/mol. The maximum atomic E-state index is 14.5. The van der Waals surface area contributed by atoms with Crippen LogP contribution in [0.5, 0.6) is 5.75 Å². The molecule has 242 valence electrons. The first-order valence-corrected chi connectivity index (χ1v) is 17.2. The fourth-order valence-electron chi connectivity index (χ4n) is 4.84. The summed E-state index contributed by atoms with van der Waals surface area (Å²) in [5, 5.41) is 3.84. The summed E-state index contributed by atoms with van der Waals surface area (Å²) in [5.74, 6) is -0.337. The summed E-state index contributed by atoms with van der Waals surface area (Å²) in [5.41, 5.74) is 1.84. The van der Waals surface area contributed by atoms with Gasteiger partial charge in [-0.2, -0.15) is 0 Å². The summed E-state index contributed by atoms with van der Waals surface area (Å²) in [6, 6.07) is 27.7. The van der Waals surface area contributed by atoms with Gasteiger partial charge < -0.3 is 15.0 Å². The Kier molecular flexibility index (Phi) is 12.5. The van der Waals surface area contributed by atoms with Crippen LogP contribution in [0, 0.1) is 0 Å². The fraction of sp³-hybridized carbons (Fsp3) is 0.257. The first-order valence-electron chi connectivity index (χ1n) is 15.0. The van der Waals surface area contributed by atoms with Gasteiger partial charge in [0.25, 0.3) is 10.0 Å². The molecule has 0 saturated carbocycles. The second kappa shape index (κ2) is 16.5. The molecule has 0 spiro atoms. The van der Waals surface area contributed by atoms with Gasteiger partial charge in [0.2, 0.25) is 11.8 Å². The number of carbonyl (C=O) groups is 2. The minimum absolute atomic E-state index is 0.0376. The summed E-state index contributed by atoms with van der Waals surface area (Å²) in [7, 11) is -4.25. The van der Waals surface area contributed by atoms with Crippen molar-refractivity contribution in [3.8, 4) is 5.75 Å². The number of amides is 2. The maximum absolute atomic E-state index is 14.5. The summed E-state index contributed by atoms with van der Waals surface area (Å²) in [6.07, 6.45) is 0.933. The standard InChI is InChI=1S/C35H37Cl2N3O5S/c1-3-22-38-35(42)33(23-26-8-6-5-7-9-26)39(24-27-10-12-28(36)13-11-27)34(41)25-40(30-16-18-31(19-17-30)45-4-2)46(43,44)32-20-14-29(37)15-21-32/h5-21,33H,3-4,22-25H2,1-2H3,(H,38,42)/t33-/m0/s1. The van der Waals surface area contributed by atoms with E-state index < -0.39 is 28.5 Å². The Morgan fingerprint density at radius 3 is 2.00 bits per heavy atom. The molecule has 0 fully saturated rings. The molecular weight excluding hydrogens is 645 g/mol. The van der Waals surface area contributed by atoms with Crippen LogP contribution in [0.2, 0.25) is 10.0 Å². The molecule has 4 rings (SSSR count). The molecule has 4 aromatic rings. The highest BCUT2D eigenvalue weighted by Crippen LogP contribution is 2.28. The van der Waals surface area contributed by atoms with Gasteiger partial charge in [-0.25, -0.2) is 8.42 Å². The van der Waals surface area contributed by atoms with Gasteiger partial charge in [0, 0.05) is 29.6 Å². The van der Waals surface area contributed by atoms with Gasteiger partial charge in [-0.3, -0.25) is 13.9 Å². The van der Waals surface area contributed by atoms with Gasteiger partial charge >= 0.3 is 0 Å². The molecule has 1 atom stereocenters. The molecule has 11 heteroatoms. The quantitative estimate of drug-likeness (QED) is 0.150. The van der Waals surface area contributed by atoms with Crippen LogP contribution in [0.25, 0.3) is 0 Å². The summed E-state index contributed by atoms with van der Waals surface area (Å²) < 4.78 is 34.9. The van der Waals surface area contributed by atoms with E-state index in [0.29, 0.717) is 35.4 Å². The van der Waals surface area contributed by atoms with Gasteiger partial charge in [0.1, 0.15) is 18.3 Å². The highest BCUT2D eigenvalue weighted by atomic mass is 35.5. The number of hydrogen-bond donors (Lipinski definition) is 1. The van der Waals surface area contributed by atoms with Crippen LogP contribution in [-0.2, 0) is 32.6 Å². The molecule has 1 N–H and O–H groups in total. The zero-order valence-corrected chi connectivity index (χ0v) is 28.1. The zero-order valence-electron chi connectivity index (χ0n) is 25.7. The molecule has 46 heavy (non-hydrogen) atoms. The largest absolute Gasteiger partial charge is 0.494 e. The molecule has 2 amide bonds. The van der Waals surface area contributed by atoms with E-state index in [4.69, 9.17) is 27.9 Å². The van der Waals surface area contributed by atoms with Crippen molar-refractivity contribution in [3.63, 3.8) is 0 Å². The smallest absolute Gasteiger partial charge is 0.264 e. The first kappa shape index (κ1) is 34.8. The number of rotatable bonds is 15. The second-order valence-electron chi connectivity index (χ2n) is 10.5. The molecule has 0 unspecified atom stereocenters. The SMILES string of the molecule is CCCNC(=O)[C@H](Cc1ccccc1)N(Cc1ccc(Cl)cc1)C(=O)CN(c1ccc(OCC)cc1)S(=O)(=O)c1ccc(Cl)cc1. The fourth-order valence-corrected chi connectivity index (χ4v) is 6.51. The number of nitrogens with one attached hydrogen (secondary N) is 1. The number of anilines is 1. The van der Waals surface area contributed by atoms with Gasteiger partial charge in [-0.05, 0) is 85.1 Å². The van der Waals surface area contributed by atoms with Gasteiger partial charge in [0.05, 0.1) is 17.2 Å². The number of halogens is 2. The Morgan fingerprint density at radius 1 is 0.804 bits per heavy atom. The third kappa shape index (κ3) is 9.25. The number of sulfonamides is 1. The Hall–Kier alpha value is -4.05. The third-order valence-corrected chi connectivity index (χ3v) is 9.49. The van der Waals surface area contributed by atoms with Crippen molar-refractivity contribution >= 4 is 50.7 Å². The Morgan fingerprint density at radius 2 is 1.41 bits per heavy atom. The molecular formula is C35H37Cl2N3O5S. The minimum Gasteiger partial charge on any atom is -0.494 e. The van der Waals surface area contributed by atoms with Crippen LogP contribution in [0.3, 0.4) is 0 Å². The predicted octanol–water partition coefficient (Wildman–Crippen LogP) is 6.75. The first-order chi connectivity index (χ1) is 22.1. The number of hydrogen-bond acceptors (Lipinski definition) is 5. The predicted molar refractivity (Wildman–Crippen MR) is 183 cm³/mol. The van der Waals surface area contributed by atoms with E-state index >= 15 is 0 Å². The van der Waals surface area contributed by atoms with Crippen molar-refractivity contribution in [2.45, 2.75) is 44.2 Å². The van der Waals surface area contributed by atoms with Crippen LogP contribution in [-0.4, -0.2) is 50.9 Å². The number of ether oxygens (including phenoxy) is 1. The van der Waals surface area contributed by atoms with Crippen molar-refractivity contribution in [2.75, 3.05) is 24.0 Å². The van der Waals surface area contributed by atoms with E-state index in [2.05, 4.69) is 5.32 Å². The number of carbonyl (C=O) groups excluding carboxylic acids is 2. The summed E-state index contributed by atoms with van der Waals surface area (Å²) >= 11 is 12.2. The van der Waals surface area contributed by atoms with Crippen molar-refractivity contribution in [1.82, 2.24) is 10.2 Å². The topological polar surface area (TPSA) is 96.0 Å². The lowest BCUT2D eigenvalue weighted by atomic mass is 10.0. The lowest BCUT2D eigenvalue weighted by Gasteiger charge is -2.34. The lowest BCUT2D eigenvalue weighted by molar-refractivity contribution is -0.140. The van der Waals surface area contributed by atoms with Gasteiger partial charge in [-0.15, -0.1) is 0 Å². The normalized spacial score (nSPS) is 11.8. The average Bonchev–Trinajstić information content (AvgIpc) is 3.06. The van der Waals surface area contributed by atoms with Crippen LogP contribution in [0.15, 0.2) is 108 Å². The van der Waals surface area contributed by atoms with E-state index in [9.17, 15) is 18.0 Å². The van der Waals surface area contributed by atoms with E-state index in [1.54, 1.807) is 48.5 Å². The number of nitrogens with zero attached hydrogens (tertiary/aromatic N) is 2. The minimum atomic E-state index is -4.25. The molecule has 4 aromatic carbocycles. The lowest BCUT2D eigenvalue weighted by Crippen LogP contribution is -2.53. The molecule has 0 aliphatic carbocycles. The van der Waals surface area contributed by atoms with Gasteiger partial charge in [0.15, 0.2) is 0 Å². The summed E-state index contributed by atoms with van der Waals surface area (Å²) in [4.78, 5) is 29.6.